The zero-order chi connectivity index (χ0) is 21.1. The van der Waals surface area contributed by atoms with Gasteiger partial charge in [-0.1, -0.05) is 0 Å². The van der Waals surface area contributed by atoms with Crippen LogP contribution in [0, 0.1) is 19.8 Å². The normalized spacial score (nSPS) is 16.7. The van der Waals surface area contributed by atoms with E-state index in [-0.39, 0.29) is 6.04 Å². The maximum absolute atomic E-state index is 11.9. The molecule has 0 bridgehead atoms. The van der Waals surface area contributed by atoms with Crippen molar-refractivity contribution < 1.29 is 19.4 Å². The van der Waals surface area contributed by atoms with Crippen LogP contribution in [0.1, 0.15) is 57.5 Å². The number of likely N-dealkylation sites (tertiary alicyclic amines) is 1. The van der Waals surface area contributed by atoms with E-state index in [2.05, 4.69) is 17.3 Å². The number of piperidine rings is 1. The summed E-state index contributed by atoms with van der Waals surface area (Å²) in [7, 11) is 0. The van der Waals surface area contributed by atoms with Gasteiger partial charge >= 0.3 is 12.2 Å². The van der Waals surface area contributed by atoms with Gasteiger partial charge in [0.1, 0.15) is 5.60 Å². The van der Waals surface area contributed by atoms with Crippen molar-refractivity contribution in [3.63, 3.8) is 0 Å². The van der Waals surface area contributed by atoms with Gasteiger partial charge in [0.25, 0.3) is 0 Å². The second-order valence-corrected chi connectivity index (χ2v) is 8.80. The average molecular weight is 395 g/mol. The summed E-state index contributed by atoms with van der Waals surface area (Å²) in [4.78, 5) is 24.5. The summed E-state index contributed by atoms with van der Waals surface area (Å²) in [5, 5.41) is 16.6. The molecule has 8 heteroatoms. The zero-order valence-electron chi connectivity index (χ0n) is 17.9. The van der Waals surface area contributed by atoms with Crippen molar-refractivity contribution in [3.8, 4) is 0 Å². The standard InChI is InChI=1S/C20H34N4O4/c1-13(21-18(25)28-20(4,5)6)12-24-15(3)17(14(2)22-24)11-16-7-9-23(10-8-16)19(26)27/h13,16H,7-12H2,1-6H3,(H,21,25)(H,26,27)/t13-/m1/s1. The molecule has 1 saturated heterocycles. The molecule has 0 aromatic carbocycles. The van der Waals surface area contributed by atoms with Gasteiger partial charge in [-0.05, 0) is 72.3 Å². The van der Waals surface area contributed by atoms with Crippen molar-refractivity contribution in [2.45, 2.75) is 79.0 Å². The Morgan fingerprint density at radius 3 is 2.43 bits per heavy atom. The van der Waals surface area contributed by atoms with Crippen molar-refractivity contribution in [1.82, 2.24) is 20.0 Å². The summed E-state index contributed by atoms with van der Waals surface area (Å²) in [5.74, 6) is 0.475. The van der Waals surface area contributed by atoms with E-state index in [1.54, 1.807) is 0 Å². The van der Waals surface area contributed by atoms with Crippen LogP contribution in [-0.4, -0.2) is 56.7 Å². The third-order valence-corrected chi connectivity index (χ3v) is 5.12. The second-order valence-electron chi connectivity index (χ2n) is 8.80. The average Bonchev–Trinajstić information content (AvgIpc) is 2.80. The number of nitrogens with one attached hydrogen (secondary N) is 1. The van der Waals surface area contributed by atoms with Gasteiger partial charge in [0.05, 0.1) is 12.2 Å². The number of hydrogen-bond donors (Lipinski definition) is 2. The van der Waals surface area contributed by atoms with Crippen LogP contribution in [0.3, 0.4) is 0 Å². The molecule has 2 rings (SSSR count). The summed E-state index contributed by atoms with van der Waals surface area (Å²) in [6.07, 6.45) is 1.43. The molecule has 0 spiro atoms. The van der Waals surface area contributed by atoms with Crippen LogP contribution in [0.5, 0.6) is 0 Å². The predicted molar refractivity (Wildman–Crippen MR) is 107 cm³/mol. The second kappa shape index (κ2) is 8.84. The number of aromatic nitrogens is 2. The molecule has 0 radical (unpaired) electrons. The van der Waals surface area contributed by atoms with Crippen molar-refractivity contribution in [3.05, 3.63) is 17.0 Å². The number of amides is 2. The van der Waals surface area contributed by atoms with Crippen LogP contribution in [0.2, 0.25) is 0 Å². The van der Waals surface area contributed by atoms with E-state index in [1.165, 1.54) is 10.5 Å². The number of nitrogens with zero attached hydrogens (tertiary/aromatic N) is 3. The van der Waals surface area contributed by atoms with E-state index in [9.17, 15) is 9.59 Å². The first kappa shape index (κ1) is 22.0. The molecule has 1 aromatic heterocycles. The molecule has 1 aromatic rings. The molecule has 1 aliphatic heterocycles. The molecule has 2 heterocycles. The Kier molecular flexibility index (Phi) is 6.96. The predicted octanol–water partition coefficient (Wildman–Crippen LogP) is 3.35. The molecule has 8 nitrogen and oxygen atoms in total. The lowest BCUT2D eigenvalue weighted by atomic mass is 9.89. The van der Waals surface area contributed by atoms with Crippen LogP contribution in [0.25, 0.3) is 0 Å². The van der Waals surface area contributed by atoms with E-state index >= 15 is 0 Å². The van der Waals surface area contributed by atoms with Crippen molar-refractivity contribution in [2.24, 2.45) is 5.92 Å². The molecule has 0 aliphatic carbocycles. The van der Waals surface area contributed by atoms with Gasteiger partial charge in [-0.25, -0.2) is 9.59 Å². The fourth-order valence-electron chi connectivity index (χ4n) is 3.64. The van der Waals surface area contributed by atoms with Crippen LogP contribution < -0.4 is 5.32 Å². The lowest BCUT2D eigenvalue weighted by Crippen LogP contribution is -2.40. The summed E-state index contributed by atoms with van der Waals surface area (Å²) in [6, 6.07) is -0.112. The minimum absolute atomic E-state index is 0.112. The van der Waals surface area contributed by atoms with Gasteiger partial charge in [-0.2, -0.15) is 5.10 Å². The first-order chi connectivity index (χ1) is 13.0. The highest BCUT2D eigenvalue weighted by molar-refractivity contribution is 5.68. The van der Waals surface area contributed by atoms with E-state index in [0.29, 0.717) is 25.6 Å². The van der Waals surface area contributed by atoms with E-state index in [4.69, 9.17) is 9.84 Å². The third kappa shape index (κ3) is 6.14. The molecular formula is C20H34N4O4. The fourth-order valence-corrected chi connectivity index (χ4v) is 3.64. The number of carbonyl (C=O) groups excluding carboxylic acids is 1. The topological polar surface area (TPSA) is 96.7 Å². The Balaban J connectivity index is 1.94. The van der Waals surface area contributed by atoms with E-state index in [1.807, 2.05) is 39.3 Å². The maximum Gasteiger partial charge on any atom is 0.407 e. The van der Waals surface area contributed by atoms with E-state index in [0.717, 1.165) is 30.7 Å². The highest BCUT2D eigenvalue weighted by atomic mass is 16.6. The van der Waals surface area contributed by atoms with Crippen LogP contribution in [0.4, 0.5) is 9.59 Å². The maximum atomic E-state index is 11.9. The number of aryl methyl sites for hydroxylation is 1. The summed E-state index contributed by atoms with van der Waals surface area (Å²) in [5.41, 5.74) is 2.82. The highest BCUT2D eigenvalue weighted by Gasteiger charge is 2.25. The van der Waals surface area contributed by atoms with Gasteiger partial charge in [0.2, 0.25) is 0 Å². The van der Waals surface area contributed by atoms with Gasteiger partial charge in [-0.15, -0.1) is 0 Å². The number of carbonyl (C=O) groups is 2. The van der Waals surface area contributed by atoms with Crippen LogP contribution in [0.15, 0.2) is 0 Å². The fraction of sp³-hybridized carbons (Fsp3) is 0.750. The molecule has 0 unspecified atom stereocenters. The van der Waals surface area contributed by atoms with Gasteiger partial charge in [0.15, 0.2) is 0 Å². The Labute approximate surface area is 167 Å². The quantitative estimate of drug-likeness (QED) is 0.798. The molecule has 0 saturated carbocycles. The number of hydrogen-bond acceptors (Lipinski definition) is 4. The third-order valence-electron chi connectivity index (χ3n) is 5.12. The largest absolute Gasteiger partial charge is 0.465 e. The summed E-state index contributed by atoms with van der Waals surface area (Å²) < 4.78 is 7.25. The summed E-state index contributed by atoms with van der Waals surface area (Å²) in [6.45, 7) is 13.3. The molecule has 1 fully saturated rings. The lowest BCUT2D eigenvalue weighted by molar-refractivity contribution is 0.0503. The first-order valence-corrected chi connectivity index (χ1v) is 9.96. The first-order valence-electron chi connectivity index (χ1n) is 9.96. The Morgan fingerprint density at radius 1 is 1.29 bits per heavy atom. The Bertz CT molecular complexity index is 700. The number of alkyl carbamates (subject to hydrolysis) is 1. The number of carboxylic acid groups (broad SMARTS) is 1. The highest BCUT2D eigenvalue weighted by Crippen LogP contribution is 2.25. The monoisotopic (exact) mass is 394 g/mol. The summed E-state index contributed by atoms with van der Waals surface area (Å²) >= 11 is 0. The number of ether oxygens (including phenoxy) is 1. The molecule has 158 valence electrons. The molecule has 1 atom stereocenters. The molecule has 2 N–H and O–H groups in total. The minimum Gasteiger partial charge on any atom is -0.465 e. The number of rotatable bonds is 5. The SMILES string of the molecule is Cc1nn(C[C@@H](C)NC(=O)OC(C)(C)C)c(C)c1CC1CCN(C(=O)O)CC1. The molecular weight excluding hydrogens is 360 g/mol. The van der Waals surface area contributed by atoms with Crippen molar-refractivity contribution in [1.29, 1.82) is 0 Å². The molecule has 1 aliphatic rings. The lowest BCUT2D eigenvalue weighted by Gasteiger charge is -2.30. The van der Waals surface area contributed by atoms with E-state index < -0.39 is 17.8 Å². The van der Waals surface area contributed by atoms with Crippen LogP contribution in [-0.2, 0) is 17.7 Å². The molecule has 28 heavy (non-hydrogen) atoms. The van der Waals surface area contributed by atoms with Crippen molar-refractivity contribution in [2.75, 3.05) is 13.1 Å². The molecule has 2 amide bonds. The zero-order valence-corrected chi connectivity index (χ0v) is 17.9. The van der Waals surface area contributed by atoms with Crippen molar-refractivity contribution >= 4 is 12.2 Å². The van der Waals surface area contributed by atoms with Gasteiger partial charge < -0.3 is 20.1 Å². The van der Waals surface area contributed by atoms with Gasteiger partial charge in [-0.3, -0.25) is 4.68 Å². The Hall–Kier alpha value is -2.25. The Morgan fingerprint density at radius 2 is 1.89 bits per heavy atom. The smallest absolute Gasteiger partial charge is 0.407 e. The van der Waals surface area contributed by atoms with Crippen LogP contribution >= 0.6 is 0 Å². The minimum atomic E-state index is -0.829. The van der Waals surface area contributed by atoms with Gasteiger partial charge in [0, 0.05) is 24.8 Å².